The fraction of sp³-hybridized carbons (Fsp3) is 0.737. The minimum Gasteiger partial charge on any atom is -0.338 e. The van der Waals surface area contributed by atoms with Gasteiger partial charge in [0.05, 0.1) is 10.7 Å². The number of likely N-dealkylation sites (tertiary alicyclic amines) is 2. The molecule has 1 saturated carbocycles. The van der Waals surface area contributed by atoms with Gasteiger partial charge in [0.1, 0.15) is 10.4 Å². The van der Waals surface area contributed by atoms with Crippen molar-refractivity contribution in [1.82, 2.24) is 14.8 Å². The Morgan fingerprint density at radius 3 is 2.52 bits per heavy atom. The number of aryl methyl sites for hydroxylation is 1. The van der Waals surface area contributed by atoms with Crippen LogP contribution >= 0.6 is 11.3 Å². The van der Waals surface area contributed by atoms with E-state index in [9.17, 15) is 9.59 Å². The highest BCUT2D eigenvalue weighted by Crippen LogP contribution is 2.43. The second-order valence-corrected chi connectivity index (χ2v) is 9.08. The van der Waals surface area contributed by atoms with Gasteiger partial charge in [-0.3, -0.25) is 9.59 Å². The van der Waals surface area contributed by atoms with Crippen LogP contribution in [0.3, 0.4) is 0 Å². The molecule has 0 N–H and O–H groups in total. The molecule has 2 saturated heterocycles. The van der Waals surface area contributed by atoms with E-state index in [1.807, 2.05) is 11.8 Å². The van der Waals surface area contributed by atoms with Crippen LogP contribution in [0.25, 0.3) is 0 Å². The van der Waals surface area contributed by atoms with Crippen LogP contribution in [0.15, 0.2) is 0 Å². The van der Waals surface area contributed by atoms with Crippen LogP contribution in [0.1, 0.15) is 78.7 Å². The average Bonchev–Trinajstić information content (AvgIpc) is 3.21. The van der Waals surface area contributed by atoms with E-state index in [0.29, 0.717) is 18.5 Å². The van der Waals surface area contributed by atoms with Crippen molar-refractivity contribution in [2.75, 3.05) is 13.1 Å². The maximum atomic E-state index is 13.3. The SMILES string of the molecule is Cc1nc(C(C)C)sc1C(=O)N1CCCC12CCCN(C1CC1)C2=O. The molecular formula is C19H27N3O2S. The molecule has 136 valence electrons. The molecule has 1 unspecified atom stereocenters. The normalized spacial score (nSPS) is 27.0. The molecule has 3 aliphatic rings. The maximum absolute atomic E-state index is 13.3. The third kappa shape index (κ3) is 2.69. The predicted octanol–water partition coefficient (Wildman–Crippen LogP) is 3.33. The van der Waals surface area contributed by atoms with Gasteiger partial charge in [-0.2, -0.15) is 0 Å². The van der Waals surface area contributed by atoms with Gasteiger partial charge in [0.15, 0.2) is 0 Å². The number of amides is 2. The summed E-state index contributed by atoms with van der Waals surface area (Å²) in [5.41, 5.74) is 0.217. The van der Waals surface area contributed by atoms with Crippen LogP contribution in [0.4, 0.5) is 0 Å². The fourth-order valence-corrected chi connectivity index (χ4v) is 5.41. The van der Waals surface area contributed by atoms with Crippen molar-refractivity contribution in [3.63, 3.8) is 0 Å². The van der Waals surface area contributed by atoms with Gasteiger partial charge in [-0.05, 0) is 45.4 Å². The van der Waals surface area contributed by atoms with E-state index in [4.69, 9.17) is 0 Å². The van der Waals surface area contributed by atoms with Gasteiger partial charge in [0, 0.05) is 25.0 Å². The number of hydrogen-bond donors (Lipinski definition) is 0. The number of nitrogens with zero attached hydrogens (tertiary/aromatic N) is 3. The molecule has 0 aromatic carbocycles. The second kappa shape index (κ2) is 6.08. The van der Waals surface area contributed by atoms with E-state index in [1.165, 1.54) is 11.3 Å². The van der Waals surface area contributed by atoms with Gasteiger partial charge < -0.3 is 9.80 Å². The van der Waals surface area contributed by atoms with Crippen molar-refractivity contribution in [1.29, 1.82) is 0 Å². The Bertz CT molecular complexity index is 710. The first-order chi connectivity index (χ1) is 11.9. The zero-order chi connectivity index (χ0) is 17.8. The minimum absolute atomic E-state index is 0.0189. The lowest BCUT2D eigenvalue weighted by Crippen LogP contribution is -2.61. The maximum Gasteiger partial charge on any atom is 0.266 e. The van der Waals surface area contributed by atoms with Crippen molar-refractivity contribution >= 4 is 23.2 Å². The van der Waals surface area contributed by atoms with E-state index in [1.54, 1.807) is 0 Å². The number of carbonyl (C=O) groups is 2. The third-order valence-electron chi connectivity index (χ3n) is 5.87. The molecule has 1 aromatic heterocycles. The highest BCUT2D eigenvalue weighted by molar-refractivity contribution is 7.13. The van der Waals surface area contributed by atoms with E-state index >= 15 is 0 Å². The minimum atomic E-state index is -0.591. The van der Waals surface area contributed by atoms with Gasteiger partial charge in [0.2, 0.25) is 5.91 Å². The van der Waals surface area contributed by atoms with Crippen LogP contribution in [-0.2, 0) is 4.79 Å². The monoisotopic (exact) mass is 361 g/mol. The number of aromatic nitrogens is 1. The van der Waals surface area contributed by atoms with Crippen molar-refractivity contribution in [3.05, 3.63) is 15.6 Å². The van der Waals surface area contributed by atoms with Crippen molar-refractivity contribution in [2.24, 2.45) is 0 Å². The molecule has 2 aliphatic heterocycles. The summed E-state index contributed by atoms with van der Waals surface area (Å²) in [6, 6.07) is 0.430. The van der Waals surface area contributed by atoms with E-state index in [0.717, 1.165) is 60.6 Å². The lowest BCUT2D eigenvalue weighted by Gasteiger charge is -2.44. The zero-order valence-electron chi connectivity index (χ0n) is 15.4. The smallest absolute Gasteiger partial charge is 0.266 e. The Labute approximate surface area is 153 Å². The van der Waals surface area contributed by atoms with Crippen LogP contribution in [-0.4, -0.2) is 51.3 Å². The largest absolute Gasteiger partial charge is 0.338 e. The van der Waals surface area contributed by atoms with Crippen molar-refractivity contribution in [2.45, 2.75) is 76.8 Å². The number of carbonyl (C=O) groups excluding carboxylic acids is 2. The summed E-state index contributed by atoms with van der Waals surface area (Å²) in [6.07, 6.45) is 5.81. The molecule has 0 bridgehead atoms. The van der Waals surface area contributed by atoms with Crippen LogP contribution in [0, 0.1) is 6.92 Å². The zero-order valence-corrected chi connectivity index (χ0v) is 16.2. The van der Waals surface area contributed by atoms with Gasteiger partial charge in [-0.25, -0.2) is 4.98 Å². The predicted molar refractivity (Wildman–Crippen MR) is 97.9 cm³/mol. The summed E-state index contributed by atoms with van der Waals surface area (Å²) in [5, 5.41) is 1.00. The van der Waals surface area contributed by atoms with Gasteiger partial charge in [-0.1, -0.05) is 13.8 Å². The van der Waals surface area contributed by atoms with Crippen molar-refractivity contribution in [3.8, 4) is 0 Å². The number of piperidine rings is 1. The van der Waals surface area contributed by atoms with Crippen LogP contribution < -0.4 is 0 Å². The Kier molecular flexibility index (Phi) is 4.13. The van der Waals surface area contributed by atoms with Gasteiger partial charge >= 0.3 is 0 Å². The van der Waals surface area contributed by atoms with Gasteiger partial charge in [-0.15, -0.1) is 11.3 Å². The lowest BCUT2D eigenvalue weighted by molar-refractivity contribution is -0.146. The van der Waals surface area contributed by atoms with Crippen molar-refractivity contribution < 1.29 is 9.59 Å². The van der Waals surface area contributed by atoms with E-state index in [2.05, 4.69) is 23.7 Å². The second-order valence-electron chi connectivity index (χ2n) is 8.05. The quantitative estimate of drug-likeness (QED) is 0.830. The first kappa shape index (κ1) is 17.0. The number of hydrogen-bond acceptors (Lipinski definition) is 4. The molecule has 4 rings (SSSR count). The van der Waals surface area contributed by atoms with E-state index < -0.39 is 5.54 Å². The third-order valence-corrected chi connectivity index (χ3v) is 7.32. The molecule has 1 aliphatic carbocycles. The molecule has 6 heteroatoms. The summed E-state index contributed by atoms with van der Waals surface area (Å²) >= 11 is 1.50. The molecular weight excluding hydrogens is 334 g/mol. The Morgan fingerprint density at radius 1 is 1.24 bits per heavy atom. The van der Waals surface area contributed by atoms with Crippen LogP contribution in [0.5, 0.6) is 0 Å². The van der Waals surface area contributed by atoms with E-state index in [-0.39, 0.29) is 11.8 Å². The molecule has 2 amide bonds. The topological polar surface area (TPSA) is 53.5 Å². The van der Waals surface area contributed by atoms with Gasteiger partial charge in [0.25, 0.3) is 5.91 Å². The molecule has 1 aromatic rings. The number of rotatable bonds is 3. The summed E-state index contributed by atoms with van der Waals surface area (Å²) in [5.74, 6) is 0.545. The molecule has 3 heterocycles. The standard InChI is InChI=1S/C19H27N3O2S/c1-12(2)16-20-13(3)15(25-16)17(23)22-11-5-9-19(22)8-4-10-21(18(19)24)14-6-7-14/h12,14H,4-11H2,1-3H3. The lowest BCUT2D eigenvalue weighted by atomic mass is 9.85. The summed E-state index contributed by atoms with van der Waals surface area (Å²) < 4.78 is 0. The Balaban J connectivity index is 1.64. The first-order valence-corrected chi connectivity index (χ1v) is 10.4. The van der Waals surface area contributed by atoms with Crippen LogP contribution in [0.2, 0.25) is 0 Å². The molecule has 5 nitrogen and oxygen atoms in total. The molecule has 1 atom stereocenters. The Morgan fingerprint density at radius 2 is 1.92 bits per heavy atom. The Hall–Kier alpha value is -1.43. The summed E-state index contributed by atoms with van der Waals surface area (Å²) in [6.45, 7) is 7.67. The average molecular weight is 362 g/mol. The highest BCUT2D eigenvalue weighted by atomic mass is 32.1. The molecule has 25 heavy (non-hydrogen) atoms. The fourth-order valence-electron chi connectivity index (χ4n) is 4.39. The molecule has 1 spiro atoms. The first-order valence-electron chi connectivity index (χ1n) is 9.54. The summed E-state index contributed by atoms with van der Waals surface area (Å²) in [4.78, 5) is 35.9. The highest BCUT2D eigenvalue weighted by Gasteiger charge is 2.55. The number of thiazole rings is 1. The molecule has 0 radical (unpaired) electrons. The molecule has 3 fully saturated rings. The summed E-state index contributed by atoms with van der Waals surface area (Å²) in [7, 11) is 0.